The smallest absolute Gasteiger partial charge is 0.120 e. The minimum absolute atomic E-state index is 0.0390. The fourth-order valence-corrected chi connectivity index (χ4v) is 1.11. The molecule has 0 aliphatic rings. The largest absolute Gasteiger partial charge is 0.491 e. The van der Waals surface area contributed by atoms with Crippen LogP contribution in [0.4, 0.5) is 0 Å². The van der Waals surface area contributed by atoms with E-state index in [1.165, 1.54) is 0 Å². The molecule has 0 saturated heterocycles. The third-order valence-corrected chi connectivity index (χ3v) is 2.01. The lowest BCUT2D eigenvalue weighted by atomic mass is 10.2. The van der Waals surface area contributed by atoms with Crippen LogP contribution < -0.4 is 10.5 Å². The minimum atomic E-state index is -0.876. The summed E-state index contributed by atoms with van der Waals surface area (Å²) in [5.41, 5.74) is 6.16. The van der Waals surface area contributed by atoms with Crippen LogP contribution in [-0.4, -0.2) is 34.5 Å². The Bertz CT molecular complexity index is 343. The highest BCUT2D eigenvalue weighted by molar-refractivity contribution is 7.80. The zero-order valence-electron chi connectivity index (χ0n) is 8.09. The molecule has 0 bridgehead atoms. The van der Waals surface area contributed by atoms with E-state index in [2.05, 4.69) is 0 Å². The Balaban J connectivity index is 2.62. The van der Waals surface area contributed by atoms with Crippen LogP contribution in [-0.2, 0) is 0 Å². The van der Waals surface area contributed by atoms with Crippen LogP contribution >= 0.6 is 12.2 Å². The summed E-state index contributed by atoms with van der Waals surface area (Å²) in [5, 5.41) is 17.7. The molecule has 4 nitrogen and oxygen atoms in total. The van der Waals surface area contributed by atoms with Gasteiger partial charge in [0.25, 0.3) is 0 Å². The van der Waals surface area contributed by atoms with Gasteiger partial charge in [-0.05, 0) is 12.1 Å². The lowest BCUT2D eigenvalue weighted by Gasteiger charge is -2.10. The van der Waals surface area contributed by atoms with E-state index in [-0.39, 0.29) is 13.2 Å². The van der Waals surface area contributed by atoms with Crippen molar-refractivity contribution in [2.45, 2.75) is 6.10 Å². The third-order valence-electron chi connectivity index (χ3n) is 1.77. The van der Waals surface area contributed by atoms with Gasteiger partial charge < -0.3 is 20.7 Å². The Hall–Kier alpha value is -1.17. The first kappa shape index (κ1) is 11.9. The van der Waals surface area contributed by atoms with Crippen molar-refractivity contribution in [2.24, 2.45) is 5.73 Å². The van der Waals surface area contributed by atoms with E-state index in [0.29, 0.717) is 16.3 Å². The average Bonchev–Trinajstić information content (AvgIpc) is 2.26. The van der Waals surface area contributed by atoms with Gasteiger partial charge in [-0.15, -0.1) is 0 Å². The van der Waals surface area contributed by atoms with Crippen molar-refractivity contribution in [3.8, 4) is 5.75 Å². The first-order valence-corrected chi connectivity index (χ1v) is 4.86. The van der Waals surface area contributed by atoms with Crippen LogP contribution in [0.25, 0.3) is 0 Å². The number of thiocarbonyl (C=S) groups is 1. The van der Waals surface area contributed by atoms with Crippen molar-refractivity contribution in [2.75, 3.05) is 13.2 Å². The van der Waals surface area contributed by atoms with E-state index in [1.54, 1.807) is 24.3 Å². The molecular weight excluding hydrogens is 214 g/mol. The van der Waals surface area contributed by atoms with E-state index in [1.807, 2.05) is 0 Å². The SMILES string of the molecule is NC(=S)c1cccc(OCC(O)CO)c1. The molecule has 0 aliphatic heterocycles. The van der Waals surface area contributed by atoms with Crippen LogP contribution in [0.5, 0.6) is 5.75 Å². The second-order valence-electron chi connectivity index (χ2n) is 3.04. The topological polar surface area (TPSA) is 75.7 Å². The molecule has 1 aromatic rings. The zero-order chi connectivity index (χ0) is 11.3. The summed E-state index contributed by atoms with van der Waals surface area (Å²) < 4.78 is 5.22. The van der Waals surface area contributed by atoms with Crippen LogP contribution in [0.3, 0.4) is 0 Å². The highest BCUT2D eigenvalue weighted by atomic mass is 32.1. The molecule has 5 heteroatoms. The Morgan fingerprint density at radius 2 is 2.27 bits per heavy atom. The Morgan fingerprint density at radius 3 is 2.87 bits per heavy atom. The predicted molar refractivity (Wildman–Crippen MR) is 60.9 cm³/mol. The number of aliphatic hydroxyl groups excluding tert-OH is 2. The number of aliphatic hydroxyl groups is 2. The summed E-state index contributed by atoms with van der Waals surface area (Å²) in [4.78, 5) is 0.295. The summed E-state index contributed by atoms with van der Waals surface area (Å²) in [6, 6.07) is 6.95. The molecule has 0 radical (unpaired) electrons. The van der Waals surface area contributed by atoms with Crippen molar-refractivity contribution < 1.29 is 14.9 Å². The van der Waals surface area contributed by atoms with E-state index in [0.717, 1.165) is 0 Å². The summed E-state index contributed by atoms with van der Waals surface area (Å²) in [5.74, 6) is 0.563. The molecule has 1 unspecified atom stereocenters. The van der Waals surface area contributed by atoms with E-state index >= 15 is 0 Å². The van der Waals surface area contributed by atoms with Crippen molar-refractivity contribution in [3.63, 3.8) is 0 Å². The van der Waals surface area contributed by atoms with Gasteiger partial charge in [-0.2, -0.15) is 0 Å². The number of benzene rings is 1. The number of ether oxygens (including phenoxy) is 1. The van der Waals surface area contributed by atoms with Crippen molar-refractivity contribution in [3.05, 3.63) is 29.8 Å². The maximum atomic E-state index is 9.07. The minimum Gasteiger partial charge on any atom is -0.491 e. The standard InChI is InChI=1S/C10H13NO3S/c11-10(15)7-2-1-3-9(4-7)14-6-8(13)5-12/h1-4,8,12-13H,5-6H2,(H2,11,15). The summed E-state index contributed by atoms with van der Waals surface area (Å²) in [6.07, 6.45) is -0.876. The number of hydrogen-bond donors (Lipinski definition) is 3. The van der Waals surface area contributed by atoms with Gasteiger partial charge in [0.05, 0.1) is 6.61 Å². The molecule has 0 amide bonds. The van der Waals surface area contributed by atoms with Crippen LogP contribution in [0.1, 0.15) is 5.56 Å². The van der Waals surface area contributed by atoms with Gasteiger partial charge in [0.1, 0.15) is 23.4 Å². The summed E-state index contributed by atoms with van der Waals surface area (Å²) >= 11 is 4.81. The molecule has 15 heavy (non-hydrogen) atoms. The summed E-state index contributed by atoms with van der Waals surface area (Å²) in [7, 11) is 0. The van der Waals surface area contributed by atoms with Gasteiger partial charge in [0.15, 0.2) is 0 Å². The van der Waals surface area contributed by atoms with Crippen LogP contribution in [0, 0.1) is 0 Å². The predicted octanol–water partition coefficient (Wildman–Crippen LogP) is 0.0528. The first-order chi connectivity index (χ1) is 7.13. The number of rotatable bonds is 5. The Labute approximate surface area is 93.3 Å². The number of nitrogens with two attached hydrogens (primary N) is 1. The molecular formula is C10H13NO3S. The zero-order valence-corrected chi connectivity index (χ0v) is 8.91. The molecule has 0 heterocycles. The lowest BCUT2D eigenvalue weighted by molar-refractivity contribution is 0.0536. The number of hydrogen-bond acceptors (Lipinski definition) is 4. The molecule has 1 rings (SSSR count). The summed E-state index contributed by atoms with van der Waals surface area (Å²) in [6.45, 7) is -0.285. The average molecular weight is 227 g/mol. The fourth-order valence-electron chi connectivity index (χ4n) is 0.984. The first-order valence-electron chi connectivity index (χ1n) is 4.45. The van der Waals surface area contributed by atoms with Gasteiger partial charge in [0, 0.05) is 5.56 Å². The van der Waals surface area contributed by atoms with Gasteiger partial charge in [-0.25, -0.2) is 0 Å². The van der Waals surface area contributed by atoms with E-state index in [4.69, 9.17) is 32.9 Å². The van der Waals surface area contributed by atoms with Crippen molar-refractivity contribution >= 4 is 17.2 Å². The molecule has 82 valence electrons. The van der Waals surface area contributed by atoms with Gasteiger partial charge >= 0.3 is 0 Å². The lowest BCUT2D eigenvalue weighted by Crippen LogP contribution is -2.21. The van der Waals surface area contributed by atoms with Crippen molar-refractivity contribution in [1.29, 1.82) is 0 Å². The Morgan fingerprint density at radius 1 is 1.53 bits per heavy atom. The fraction of sp³-hybridized carbons (Fsp3) is 0.300. The second kappa shape index (κ2) is 5.65. The third kappa shape index (κ3) is 3.83. The van der Waals surface area contributed by atoms with Gasteiger partial charge in [-0.3, -0.25) is 0 Å². The molecule has 0 saturated carbocycles. The monoisotopic (exact) mass is 227 g/mol. The van der Waals surface area contributed by atoms with Gasteiger partial charge in [0.2, 0.25) is 0 Å². The molecule has 4 N–H and O–H groups in total. The highest BCUT2D eigenvalue weighted by Crippen LogP contribution is 2.13. The molecule has 0 fully saturated rings. The quantitative estimate of drug-likeness (QED) is 0.620. The normalized spacial score (nSPS) is 12.1. The highest BCUT2D eigenvalue weighted by Gasteiger charge is 2.04. The molecule has 0 spiro atoms. The molecule has 0 aliphatic carbocycles. The van der Waals surface area contributed by atoms with E-state index < -0.39 is 6.10 Å². The van der Waals surface area contributed by atoms with Gasteiger partial charge in [-0.1, -0.05) is 24.4 Å². The Kier molecular flexibility index (Phi) is 4.48. The molecule has 1 aromatic carbocycles. The maximum Gasteiger partial charge on any atom is 0.120 e. The maximum absolute atomic E-state index is 9.07. The molecule has 1 atom stereocenters. The second-order valence-corrected chi connectivity index (χ2v) is 3.48. The van der Waals surface area contributed by atoms with Crippen LogP contribution in [0.15, 0.2) is 24.3 Å². The van der Waals surface area contributed by atoms with Crippen molar-refractivity contribution in [1.82, 2.24) is 0 Å². The van der Waals surface area contributed by atoms with E-state index in [9.17, 15) is 0 Å². The van der Waals surface area contributed by atoms with Crippen LogP contribution in [0.2, 0.25) is 0 Å². The molecule has 0 aromatic heterocycles.